The number of ether oxygens (including phenoxy) is 1. The van der Waals surface area contributed by atoms with Gasteiger partial charge in [0.05, 0.1) is 12.2 Å². The van der Waals surface area contributed by atoms with Gasteiger partial charge < -0.3 is 15.6 Å². The summed E-state index contributed by atoms with van der Waals surface area (Å²) in [4.78, 5) is 11.6. The van der Waals surface area contributed by atoms with E-state index in [-0.39, 0.29) is 5.57 Å². The first-order valence-corrected chi connectivity index (χ1v) is 10.1. The maximum Gasteiger partial charge on any atom is 0.336 e. The van der Waals surface area contributed by atoms with Crippen LogP contribution in [0.1, 0.15) is 63.0 Å². The maximum atomic E-state index is 11.6. The molecule has 0 aliphatic rings. The lowest BCUT2D eigenvalue weighted by molar-refractivity contribution is -0.130. The lowest BCUT2D eigenvalue weighted by atomic mass is 10.0. The van der Waals surface area contributed by atoms with Crippen molar-refractivity contribution in [1.82, 2.24) is 0 Å². The van der Waals surface area contributed by atoms with Crippen LogP contribution in [0.5, 0.6) is 5.75 Å². The number of rotatable bonds is 12. The molecule has 0 aromatic heterocycles. The van der Waals surface area contributed by atoms with Crippen molar-refractivity contribution in [3.8, 4) is 5.75 Å². The standard InChI is InChI=1S/C24H31NO3/c1-2-3-4-5-6-7-8-17-28-22-15-9-19(10-16-22)18-23(24(26)27)20-11-13-21(25)14-12-20/h9-16,18H,2-8,17,25H2,1H3,(H,26,27). The molecule has 28 heavy (non-hydrogen) atoms. The summed E-state index contributed by atoms with van der Waals surface area (Å²) < 4.78 is 5.79. The Kier molecular flexibility index (Phi) is 9.13. The van der Waals surface area contributed by atoms with Crippen molar-refractivity contribution >= 4 is 23.3 Å². The predicted octanol–water partition coefficient (Wildman–Crippen LogP) is 6.02. The number of anilines is 1. The summed E-state index contributed by atoms with van der Waals surface area (Å²) in [5, 5.41) is 9.52. The van der Waals surface area contributed by atoms with Crippen LogP contribution in [0.3, 0.4) is 0 Å². The second-order valence-electron chi connectivity index (χ2n) is 7.02. The fraction of sp³-hybridized carbons (Fsp3) is 0.375. The molecule has 4 heteroatoms. The normalized spacial score (nSPS) is 11.4. The van der Waals surface area contributed by atoms with E-state index in [2.05, 4.69) is 6.92 Å². The highest BCUT2D eigenvalue weighted by molar-refractivity contribution is 6.20. The van der Waals surface area contributed by atoms with Gasteiger partial charge in [-0.05, 0) is 47.9 Å². The second-order valence-corrected chi connectivity index (χ2v) is 7.02. The van der Waals surface area contributed by atoms with Gasteiger partial charge in [-0.1, -0.05) is 69.7 Å². The van der Waals surface area contributed by atoms with E-state index in [4.69, 9.17) is 10.5 Å². The van der Waals surface area contributed by atoms with E-state index in [0.29, 0.717) is 11.3 Å². The number of carbonyl (C=O) groups is 1. The number of unbranched alkanes of at least 4 members (excludes halogenated alkanes) is 6. The Morgan fingerprint density at radius 1 is 0.929 bits per heavy atom. The molecule has 0 radical (unpaired) electrons. The van der Waals surface area contributed by atoms with Gasteiger partial charge in [-0.15, -0.1) is 0 Å². The van der Waals surface area contributed by atoms with E-state index in [1.54, 1.807) is 30.3 Å². The van der Waals surface area contributed by atoms with Crippen LogP contribution < -0.4 is 10.5 Å². The Balaban J connectivity index is 1.86. The van der Waals surface area contributed by atoms with Gasteiger partial charge in [0.15, 0.2) is 0 Å². The molecule has 4 nitrogen and oxygen atoms in total. The lowest BCUT2D eigenvalue weighted by Gasteiger charge is -2.07. The van der Waals surface area contributed by atoms with E-state index in [9.17, 15) is 9.90 Å². The third kappa shape index (κ3) is 7.47. The van der Waals surface area contributed by atoms with Crippen molar-refractivity contribution < 1.29 is 14.6 Å². The Bertz CT molecular complexity index is 748. The van der Waals surface area contributed by atoms with E-state index in [1.165, 1.54) is 38.5 Å². The molecule has 3 N–H and O–H groups in total. The maximum absolute atomic E-state index is 11.6. The second kappa shape index (κ2) is 11.9. The van der Waals surface area contributed by atoms with E-state index < -0.39 is 5.97 Å². The van der Waals surface area contributed by atoms with Crippen molar-refractivity contribution in [3.63, 3.8) is 0 Å². The monoisotopic (exact) mass is 381 g/mol. The van der Waals surface area contributed by atoms with Gasteiger partial charge in [-0.25, -0.2) is 4.79 Å². The van der Waals surface area contributed by atoms with Crippen LogP contribution in [0.2, 0.25) is 0 Å². The van der Waals surface area contributed by atoms with Gasteiger partial charge in [-0.3, -0.25) is 0 Å². The molecule has 0 saturated carbocycles. The van der Waals surface area contributed by atoms with Crippen molar-refractivity contribution in [2.24, 2.45) is 0 Å². The largest absolute Gasteiger partial charge is 0.494 e. The topological polar surface area (TPSA) is 72.5 Å². The van der Waals surface area contributed by atoms with Crippen LogP contribution in [-0.4, -0.2) is 17.7 Å². The zero-order valence-corrected chi connectivity index (χ0v) is 16.7. The number of hydrogen-bond donors (Lipinski definition) is 2. The van der Waals surface area contributed by atoms with Gasteiger partial charge in [0.25, 0.3) is 0 Å². The average Bonchev–Trinajstić information content (AvgIpc) is 2.70. The zero-order valence-electron chi connectivity index (χ0n) is 16.7. The average molecular weight is 382 g/mol. The van der Waals surface area contributed by atoms with Gasteiger partial charge in [0.1, 0.15) is 5.75 Å². The molecule has 0 heterocycles. The number of carboxylic acids is 1. The molecule has 0 aliphatic heterocycles. The van der Waals surface area contributed by atoms with Crippen LogP contribution in [0.25, 0.3) is 11.6 Å². The highest BCUT2D eigenvalue weighted by atomic mass is 16.5. The molecule has 0 unspecified atom stereocenters. The molecule has 0 bridgehead atoms. The summed E-state index contributed by atoms with van der Waals surface area (Å²) in [6, 6.07) is 14.4. The Labute approximate surface area is 168 Å². The van der Waals surface area contributed by atoms with Crippen LogP contribution in [-0.2, 0) is 4.79 Å². The summed E-state index contributed by atoms with van der Waals surface area (Å²) in [6.07, 6.45) is 10.5. The van der Waals surface area contributed by atoms with Crippen molar-refractivity contribution in [3.05, 3.63) is 59.7 Å². The fourth-order valence-corrected chi connectivity index (χ4v) is 3.01. The quantitative estimate of drug-likeness (QED) is 0.204. The number of nitrogens with two attached hydrogens (primary N) is 1. The van der Waals surface area contributed by atoms with Crippen LogP contribution in [0, 0.1) is 0 Å². The number of nitrogen functional groups attached to an aromatic ring is 1. The van der Waals surface area contributed by atoms with Crippen molar-refractivity contribution in [1.29, 1.82) is 0 Å². The SMILES string of the molecule is CCCCCCCCCOc1ccc(C=C(C(=O)O)c2ccc(N)cc2)cc1. The summed E-state index contributed by atoms with van der Waals surface area (Å²) in [5.74, 6) is -0.156. The highest BCUT2D eigenvalue weighted by Gasteiger charge is 2.10. The number of aliphatic carboxylic acids is 1. The summed E-state index contributed by atoms with van der Waals surface area (Å²) in [5.41, 5.74) is 7.96. The molecular formula is C24H31NO3. The van der Waals surface area contributed by atoms with Crippen molar-refractivity contribution in [2.75, 3.05) is 12.3 Å². The first kappa shape index (κ1) is 21.5. The van der Waals surface area contributed by atoms with E-state index in [1.807, 2.05) is 24.3 Å². The smallest absolute Gasteiger partial charge is 0.336 e. The molecule has 0 atom stereocenters. The minimum atomic E-state index is -0.968. The van der Waals surface area contributed by atoms with Crippen molar-refractivity contribution in [2.45, 2.75) is 51.9 Å². The molecule has 2 rings (SSSR count). The third-order valence-electron chi connectivity index (χ3n) is 4.66. The van der Waals surface area contributed by atoms with E-state index in [0.717, 1.165) is 24.3 Å². The van der Waals surface area contributed by atoms with Gasteiger partial charge in [0, 0.05) is 5.69 Å². The van der Waals surface area contributed by atoms with Gasteiger partial charge in [0.2, 0.25) is 0 Å². The number of benzene rings is 2. The van der Waals surface area contributed by atoms with Gasteiger partial charge in [-0.2, -0.15) is 0 Å². The summed E-state index contributed by atoms with van der Waals surface area (Å²) in [7, 11) is 0. The molecule has 0 fully saturated rings. The lowest BCUT2D eigenvalue weighted by Crippen LogP contribution is -2.00. The molecule has 0 amide bonds. The molecule has 2 aromatic carbocycles. The van der Waals surface area contributed by atoms with Crippen LogP contribution >= 0.6 is 0 Å². The minimum absolute atomic E-state index is 0.233. The third-order valence-corrected chi connectivity index (χ3v) is 4.66. The Morgan fingerprint density at radius 2 is 1.54 bits per heavy atom. The molecule has 2 aromatic rings. The molecular weight excluding hydrogens is 350 g/mol. The number of carboxylic acid groups (broad SMARTS) is 1. The Hall–Kier alpha value is -2.75. The molecule has 0 aliphatic carbocycles. The first-order chi connectivity index (χ1) is 13.6. The molecule has 150 valence electrons. The summed E-state index contributed by atoms with van der Waals surface area (Å²) >= 11 is 0. The van der Waals surface area contributed by atoms with E-state index >= 15 is 0 Å². The first-order valence-electron chi connectivity index (χ1n) is 10.1. The zero-order chi connectivity index (χ0) is 20.2. The minimum Gasteiger partial charge on any atom is -0.494 e. The van der Waals surface area contributed by atoms with Crippen LogP contribution in [0.15, 0.2) is 48.5 Å². The number of hydrogen-bond acceptors (Lipinski definition) is 3. The molecule has 0 spiro atoms. The molecule has 0 saturated heterocycles. The highest BCUT2D eigenvalue weighted by Crippen LogP contribution is 2.21. The summed E-state index contributed by atoms with van der Waals surface area (Å²) in [6.45, 7) is 2.95. The fourth-order valence-electron chi connectivity index (χ4n) is 3.01. The van der Waals surface area contributed by atoms with Gasteiger partial charge >= 0.3 is 5.97 Å². The Morgan fingerprint density at radius 3 is 2.14 bits per heavy atom. The van der Waals surface area contributed by atoms with Crippen LogP contribution in [0.4, 0.5) is 5.69 Å². The predicted molar refractivity (Wildman–Crippen MR) is 116 cm³/mol.